The van der Waals surface area contributed by atoms with Crippen molar-refractivity contribution in [3.8, 4) is 0 Å². The number of carbonyl (C=O) groups excluding carboxylic acids is 2. The molecule has 4 nitrogen and oxygen atoms in total. The van der Waals surface area contributed by atoms with Crippen molar-refractivity contribution in [3.05, 3.63) is 0 Å². The second-order valence-electron chi connectivity index (χ2n) is 2.30. The summed E-state index contributed by atoms with van der Waals surface area (Å²) in [5.74, 6) is -2.17. The predicted octanol–water partition coefficient (Wildman–Crippen LogP) is 0.851. The van der Waals surface area contributed by atoms with Crippen molar-refractivity contribution in [3.63, 3.8) is 0 Å². The fraction of sp³-hybridized carbons (Fsp3) is 0.714. The Morgan fingerprint density at radius 1 is 0.727 bits per heavy atom. The van der Waals surface area contributed by atoms with E-state index in [4.69, 9.17) is 0 Å². The Morgan fingerprint density at radius 3 is 1.36 bits per heavy atom. The van der Waals surface area contributed by atoms with Crippen LogP contribution in [0.15, 0.2) is 0 Å². The van der Waals surface area contributed by atoms with Gasteiger partial charge in [0.25, 0.3) is 0 Å². The van der Waals surface area contributed by atoms with Gasteiger partial charge in [-0.1, -0.05) is 6.42 Å². The lowest BCUT2D eigenvalue weighted by Gasteiger charge is -1.92. The highest BCUT2D eigenvalue weighted by Gasteiger charge is 2.01. The number of hydrogen-bond acceptors (Lipinski definition) is 2. The second-order valence-corrected chi connectivity index (χ2v) is 2.30. The van der Waals surface area contributed by atoms with Crippen molar-refractivity contribution >= 4 is 11.9 Å². The molecule has 0 aliphatic rings. The summed E-state index contributed by atoms with van der Waals surface area (Å²) in [6, 6.07) is 0. The summed E-state index contributed by atoms with van der Waals surface area (Å²) < 4.78 is 0. The molecule has 0 aromatic carbocycles. The van der Waals surface area contributed by atoms with E-state index in [9.17, 15) is 19.8 Å². The fourth-order valence-electron chi connectivity index (χ4n) is 0.715. The van der Waals surface area contributed by atoms with Crippen LogP contribution < -0.4 is 0 Å². The van der Waals surface area contributed by atoms with Gasteiger partial charge in [-0.3, -0.25) is 0 Å². The second kappa shape index (κ2) is 5.70. The first-order chi connectivity index (χ1) is 5.13. The van der Waals surface area contributed by atoms with E-state index >= 15 is 0 Å². The van der Waals surface area contributed by atoms with Crippen LogP contribution in [0.4, 0.5) is 0 Å². The molecule has 0 rings (SSSR count). The van der Waals surface area contributed by atoms with Crippen LogP contribution in [-0.4, -0.2) is 11.9 Å². The summed E-state index contributed by atoms with van der Waals surface area (Å²) in [7, 11) is 0. The van der Waals surface area contributed by atoms with Crippen LogP contribution in [0.25, 0.3) is 0 Å². The SMILES string of the molecule is [O]C(=O)CCCCCC([O])=O. The van der Waals surface area contributed by atoms with E-state index < -0.39 is 11.9 Å². The zero-order valence-corrected chi connectivity index (χ0v) is 6.17. The first-order valence-corrected chi connectivity index (χ1v) is 3.52. The third-order valence-corrected chi connectivity index (χ3v) is 1.26. The first kappa shape index (κ1) is 9.94. The number of hydrogen-bond donors (Lipinski definition) is 0. The molecular formula is C7H10O4. The first-order valence-electron chi connectivity index (χ1n) is 3.52. The molecule has 0 unspecified atom stereocenters. The van der Waals surface area contributed by atoms with E-state index in [0.29, 0.717) is 19.3 Å². The normalized spacial score (nSPS) is 9.45. The summed E-state index contributed by atoms with van der Waals surface area (Å²) in [5, 5.41) is 19.7. The third kappa shape index (κ3) is 8.94. The largest absolute Gasteiger partial charge is 0.355 e. The number of unbranched alkanes of at least 4 members (excludes halogenated alkanes) is 2. The highest BCUT2D eigenvalue weighted by molar-refractivity contribution is 5.66. The molecule has 0 fully saturated rings. The molecule has 0 N–H and O–H groups in total. The average Bonchev–Trinajstić information content (AvgIpc) is 1.85. The van der Waals surface area contributed by atoms with Gasteiger partial charge in [-0.25, -0.2) is 19.8 Å². The van der Waals surface area contributed by atoms with Crippen LogP contribution in [-0.2, 0) is 19.8 Å². The molecule has 0 bridgehead atoms. The maximum atomic E-state index is 9.86. The molecule has 11 heavy (non-hydrogen) atoms. The minimum atomic E-state index is -1.08. The van der Waals surface area contributed by atoms with Gasteiger partial charge in [-0.15, -0.1) is 0 Å². The Kier molecular flexibility index (Phi) is 5.15. The van der Waals surface area contributed by atoms with Gasteiger partial charge in [0.05, 0.1) is 12.8 Å². The van der Waals surface area contributed by atoms with E-state index in [2.05, 4.69) is 0 Å². The molecule has 0 heterocycles. The van der Waals surface area contributed by atoms with E-state index in [1.54, 1.807) is 0 Å². The highest BCUT2D eigenvalue weighted by atomic mass is 16.4. The van der Waals surface area contributed by atoms with Gasteiger partial charge in [0.2, 0.25) is 0 Å². The lowest BCUT2D eigenvalue weighted by Crippen LogP contribution is -1.94. The topological polar surface area (TPSA) is 73.9 Å². The van der Waals surface area contributed by atoms with Crippen LogP contribution in [0.3, 0.4) is 0 Å². The lowest BCUT2D eigenvalue weighted by atomic mass is 10.1. The molecule has 0 saturated carbocycles. The fourth-order valence-corrected chi connectivity index (χ4v) is 0.715. The van der Waals surface area contributed by atoms with Crippen molar-refractivity contribution in [1.82, 2.24) is 0 Å². The summed E-state index contributed by atoms with van der Waals surface area (Å²) >= 11 is 0. The molecule has 62 valence electrons. The molecule has 0 spiro atoms. The van der Waals surface area contributed by atoms with Gasteiger partial charge in [-0.2, -0.15) is 0 Å². The Balaban J connectivity index is 3.03. The van der Waals surface area contributed by atoms with E-state index in [0.717, 1.165) is 0 Å². The van der Waals surface area contributed by atoms with Crippen molar-refractivity contribution in [2.75, 3.05) is 0 Å². The molecule has 0 saturated heterocycles. The van der Waals surface area contributed by atoms with E-state index in [1.807, 2.05) is 0 Å². The monoisotopic (exact) mass is 158 g/mol. The zero-order valence-electron chi connectivity index (χ0n) is 6.17. The summed E-state index contributed by atoms with van der Waals surface area (Å²) in [6.45, 7) is 0. The van der Waals surface area contributed by atoms with Crippen molar-refractivity contribution in [2.45, 2.75) is 32.1 Å². The van der Waals surface area contributed by atoms with Crippen LogP contribution >= 0.6 is 0 Å². The van der Waals surface area contributed by atoms with Crippen molar-refractivity contribution in [2.24, 2.45) is 0 Å². The molecule has 2 radical (unpaired) electrons. The smallest absolute Gasteiger partial charge is 0.247 e. The third-order valence-electron chi connectivity index (χ3n) is 1.26. The van der Waals surface area contributed by atoms with Gasteiger partial charge >= 0.3 is 11.9 Å². The highest BCUT2D eigenvalue weighted by Crippen LogP contribution is 2.02. The summed E-state index contributed by atoms with van der Waals surface area (Å²) in [6.07, 6.45) is 1.58. The van der Waals surface area contributed by atoms with Crippen LogP contribution in [0, 0.1) is 0 Å². The predicted molar refractivity (Wildman–Crippen MR) is 34.5 cm³/mol. The van der Waals surface area contributed by atoms with Crippen LogP contribution in [0.1, 0.15) is 32.1 Å². The van der Waals surface area contributed by atoms with Gasteiger partial charge in [0.1, 0.15) is 0 Å². The summed E-state index contributed by atoms with van der Waals surface area (Å²) in [4.78, 5) is 19.7. The number of rotatable bonds is 6. The molecule has 4 heteroatoms. The van der Waals surface area contributed by atoms with Crippen LogP contribution in [0.2, 0.25) is 0 Å². The molecule has 0 aromatic rings. The zero-order chi connectivity index (χ0) is 8.69. The van der Waals surface area contributed by atoms with Crippen molar-refractivity contribution in [1.29, 1.82) is 0 Å². The standard InChI is InChI=1S/C7H10O4/c8-6(9)4-2-1-3-5-7(10)11/h1-5H2. The maximum absolute atomic E-state index is 9.86. The van der Waals surface area contributed by atoms with Gasteiger partial charge in [0.15, 0.2) is 0 Å². The van der Waals surface area contributed by atoms with Gasteiger partial charge in [-0.05, 0) is 12.8 Å². The quantitative estimate of drug-likeness (QED) is 0.537. The van der Waals surface area contributed by atoms with E-state index in [-0.39, 0.29) is 12.8 Å². The Labute approximate surface area is 64.8 Å². The Bertz CT molecular complexity index is 125. The van der Waals surface area contributed by atoms with Gasteiger partial charge in [0, 0.05) is 0 Å². The molecule has 0 amide bonds. The molecule has 0 aromatic heterocycles. The van der Waals surface area contributed by atoms with Gasteiger partial charge < -0.3 is 0 Å². The maximum Gasteiger partial charge on any atom is 0.355 e. The lowest BCUT2D eigenvalue weighted by molar-refractivity contribution is -0.143. The molecule has 0 aliphatic heterocycles. The van der Waals surface area contributed by atoms with Crippen molar-refractivity contribution < 1.29 is 19.8 Å². The average molecular weight is 158 g/mol. The molecule has 0 aliphatic carbocycles. The Morgan fingerprint density at radius 2 is 1.09 bits per heavy atom. The minimum absolute atomic E-state index is 0.00699. The number of carbonyl (C=O) groups is 2. The van der Waals surface area contributed by atoms with E-state index in [1.165, 1.54) is 0 Å². The van der Waals surface area contributed by atoms with Crippen LogP contribution in [0.5, 0.6) is 0 Å². The molecule has 0 atom stereocenters. The molecular weight excluding hydrogens is 148 g/mol. The Hall–Kier alpha value is -1.06. The summed E-state index contributed by atoms with van der Waals surface area (Å²) in [5.41, 5.74) is 0. The minimum Gasteiger partial charge on any atom is -0.247 e.